The van der Waals surface area contributed by atoms with Crippen LogP contribution < -0.4 is 10.1 Å². The van der Waals surface area contributed by atoms with Gasteiger partial charge < -0.3 is 19.5 Å². The summed E-state index contributed by atoms with van der Waals surface area (Å²) in [5, 5.41) is 2.65. The van der Waals surface area contributed by atoms with E-state index < -0.39 is 24.5 Å². The van der Waals surface area contributed by atoms with Crippen LogP contribution in [0.25, 0.3) is 0 Å². The summed E-state index contributed by atoms with van der Waals surface area (Å²) in [6.07, 6.45) is 2.76. The molecule has 1 aliphatic carbocycles. The first-order valence-electron chi connectivity index (χ1n) is 11.7. The first-order chi connectivity index (χ1) is 16.3. The Kier molecular flexibility index (Phi) is 8.68. The standard InChI is InChI=1S/C27H33NO6/c1-17(2)21-13-12-18(3)14-24(21)34-27(31)23-11-6-5-10-22(23)26(30)33-16-25(29)28-19-8-7-9-20(15-19)32-4/h5-11,15,17-18,21,24H,12-14,16H2,1-4H3,(H,28,29)/t18-,21+,24-/m1/s1. The molecule has 182 valence electrons. The summed E-state index contributed by atoms with van der Waals surface area (Å²) in [5.74, 6) is -0.0416. The van der Waals surface area contributed by atoms with Crippen molar-refractivity contribution in [3.05, 3.63) is 59.7 Å². The molecule has 0 unspecified atom stereocenters. The molecule has 0 radical (unpaired) electrons. The van der Waals surface area contributed by atoms with Crippen LogP contribution in [-0.2, 0) is 14.3 Å². The third-order valence-corrected chi connectivity index (χ3v) is 6.27. The molecular formula is C27H33NO6. The Hall–Kier alpha value is -3.35. The molecule has 7 heteroatoms. The number of carbonyl (C=O) groups is 3. The van der Waals surface area contributed by atoms with Gasteiger partial charge in [0.25, 0.3) is 5.91 Å². The van der Waals surface area contributed by atoms with Gasteiger partial charge in [0.1, 0.15) is 11.9 Å². The average molecular weight is 468 g/mol. The van der Waals surface area contributed by atoms with Gasteiger partial charge >= 0.3 is 11.9 Å². The van der Waals surface area contributed by atoms with Crippen LogP contribution in [-0.4, -0.2) is 37.7 Å². The average Bonchev–Trinajstić information content (AvgIpc) is 2.82. The smallest absolute Gasteiger partial charge is 0.339 e. The molecule has 0 bridgehead atoms. The van der Waals surface area contributed by atoms with E-state index in [9.17, 15) is 14.4 Å². The molecule has 1 fully saturated rings. The van der Waals surface area contributed by atoms with Crippen LogP contribution >= 0.6 is 0 Å². The quantitative estimate of drug-likeness (QED) is 0.543. The first kappa shape index (κ1) is 25.3. The van der Waals surface area contributed by atoms with Crippen molar-refractivity contribution in [2.24, 2.45) is 17.8 Å². The zero-order chi connectivity index (χ0) is 24.7. The third kappa shape index (κ3) is 6.59. The summed E-state index contributed by atoms with van der Waals surface area (Å²) in [4.78, 5) is 38.0. The normalized spacial score (nSPS) is 19.9. The van der Waals surface area contributed by atoms with Gasteiger partial charge in [-0.25, -0.2) is 9.59 Å². The number of amides is 1. The van der Waals surface area contributed by atoms with Gasteiger partial charge in [0.15, 0.2) is 6.61 Å². The Labute approximate surface area is 200 Å². The Bertz CT molecular complexity index is 1020. The third-order valence-electron chi connectivity index (χ3n) is 6.27. The van der Waals surface area contributed by atoms with Crippen molar-refractivity contribution in [1.29, 1.82) is 0 Å². The fraction of sp³-hybridized carbons (Fsp3) is 0.444. The van der Waals surface area contributed by atoms with E-state index >= 15 is 0 Å². The van der Waals surface area contributed by atoms with E-state index in [4.69, 9.17) is 14.2 Å². The minimum absolute atomic E-state index is 0.0756. The van der Waals surface area contributed by atoms with Crippen LogP contribution in [0.15, 0.2) is 48.5 Å². The minimum Gasteiger partial charge on any atom is -0.497 e. The van der Waals surface area contributed by atoms with Crippen molar-refractivity contribution in [3.8, 4) is 5.75 Å². The molecule has 0 aliphatic heterocycles. The van der Waals surface area contributed by atoms with Crippen LogP contribution in [0.4, 0.5) is 5.69 Å². The van der Waals surface area contributed by atoms with E-state index in [1.165, 1.54) is 13.2 Å². The van der Waals surface area contributed by atoms with Crippen LogP contribution in [0.2, 0.25) is 0 Å². The van der Waals surface area contributed by atoms with Crippen LogP contribution in [0.3, 0.4) is 0 Å². The van der Waals surface area contributed by atoms with Crippen LogP contribution in [0.5, 0.6) is 5.75 Å². The van der Waals surface area contributed by atoms with Gasteiger partial charge in [0.2, 0.25) is 0 Å². The van der Waals surface area contributed by atoms with Crippen molar-refractivity contribution in [1.82, 2.24) is 0 Å². The van der Waals surface area contributed by atoms with E-state index in [0.29, 0.717) is 29.2 Å². The number of carbonyl (C=O) groups excluding carboxylic acids is 3. The number of hydrogen-bond donors (Lipinski definition) is 1. The van der Waals surface area contributed by atoms with Crippen molar-refractivity contribution in [2.75, 3.05) is 19.0 Å². The zero-order valence-electron chi connectivity index (χ0n) is 20.2. The van der Waals surface area contributed by atoms with E-state index in [1.807, 2.05) is 0 Å². The van der Waals surface area contributed by atoms with Crippen molar-refractivity contribution in [2.45, 2.75) is 46.1 Å². The number of rotatable bonds is 8. The highest BCUT2D eigenvalue weighted by molar-refractivity contribution is 6.04. The summed E-state index contributed by atoms with van der Waals surface area (Å²) in [5.41, 5.74) is 0.735. The summed E-state index contributed by atoms with van der Waals surface area (Å²) in [7, 11) is 1.53. The van der Waals surface area contributed by atoms with E-state index in [0.717, 1.165) is 19.3 Å². The molecule has 0 heterocycles. The second-order valence-corrected chi connectivity index (χ2v) is 9.17. The van der Waals surface area contributed by atoms with Crippen LogP contribution in [0, 0.1) is 17.8 Å². The lowest BCUT2D eigenvalue weighted by molar-refractivity contribution is -0.119. The Morgan fingerprint density at radius 3 is 2.38 bits per heavy atom. The Balaban J connectivity index is 1.63. The van der Waals surface area contributed by atoms with Crippen LogP contribution in [0.1, 0.15) is 60.7 Å². The molecule has 0 aromatic heterocycles. The maximum absolute atomic E-state index is 13.0. The van der Waals surface area contributed by atoms with Gasteiger partial charge in [-0.05, 0) is 54.9 Å². The highest BCUT2D eigenvalue weighted by Crippen LogP contribution is 2.35. The summed E-state index contributed by atoms with van der Waals surface area (Å²) in [6, 6.07) is 13.2. The lowest BCUT2D eigenvalue weighted by Gasteiger charge is -2.36. The molecule has 2 aromatic carbocycles. The SMILES string of the molecule is COc1cccc(NC(=O)COC(=O)c2ccccc2C(=O)O[C@@H]2C[C@H](C)CC[C@H]2C(C)C)c1. The number of hydrogen-bond acceptors (Lipinski definition) is 6. The molecular weight excluding hydrogens is 434 g/mol. The van der Waals surface area contributed by atoms with Gasteiger partial charge in [0.05, 0.1) is 18.2 Å². The van der Waals surface area contributed by atoms with E-state index in [1.54, 1.807) is 42.5 Å². The highest BCUT2D eigenvalue weighted by atomic mass is 16.5. The predicted molar refractivity (Wildman–Crippen MR) is 129 cm³/mol. The molecule has 1 amide bonds. The highest BCUT2D eigenvalue weighted by Gasteiger charge is 2.34. The second-order valence-electron chi connectivity index (χ2n) is 9.17. The molecule has 1 aliphatic rings. The van der Waals surface area contributed by atoms with Crippen molar-refractivity contribution >= 4 is 23.5 Å². The summed E-state index contributed by atoms with van der Waals surface area (Å²) < 4.78 is 16.2. The van der Waals surface area contributed by atoms with Crippen molar-refractivity contribution in [3.63, 3.8) is 0 Å². The fourth-order valence-corrected chi connectivity index (χ4v) is 4.40. The fourth-order valence-electron chi connectivity index (χ4n) is 4.40. The minimum atomic E-state index is -0.759. The molecule has 0 spiro atoms. The Morgan fingerprint density at radius 1 is 1.00 bits per heavy atom. The predicted octanol–water partition coefficient (Wildman–Crippen LogP) is 5.11. The summed E-state index contributed by atoms with van der Waals surface area (Å²) in [6.45, 7) is 5.96. The largest absolute Gasteiger partial charge is 0.497 e. The number of benzene rings is 2. The first-order valence-corrected chi connectivity index (χ1v) is 11.7. The molecule has 0 saturated heterocycles. The number of ether oxygens (including phenoxy) is 3. The number of nitrogens with one attached hydrogen (secondary N) is 1. The Morgan fingerprint density at radius 2 is 1.71 bits per heavy atom. The van der Waals surface area contributed by atoms with E-state index in [2.05, 4.69) is 26.1 Å². The van der Waals surface area contributed by atoms with Gasteiger partial charge in [-0.1, -0.05) is 45.4 Å². The molecule has 7 nitrogen and oxygen atoms in total. The summed E-state index contributed by atoms with van der Waals surface area (Å²) >= 11 is 0. The lowest BCUT2D eigenvalue weighted by atomic mass is 9.75. The molecule has 34 heavy (non-hydrogen) atoms. The zero-order valence-corrected chi connectivity index (χ0v) is 20.2. The number of esters is 2. The van der Waals surface area contributed by atoms with E-state index in [-0.39, 0.29) is 17.2 Å². The number of anilines is 1. The van der Waals surface area contributed by atoms with Gasteiger partial charge in [0, 0.05) is 11.8 Å². The molecule has 1 N–H and O–H groups in total. The molecule has 3 atom stereocenters. The maximum atomic E-state index is 13.0. The second kappa shape index (κ2) is 11.7. The van der Waals surface area contributed by atoms with Crippen molar-refractivity contribution < 1.29 is 28.6 Å². The molecule has 1 saturated carbocycles. The monoisotopic (exact) mass is 467 g/mol. The molecule has 3 rings (SSSR count). The maximum Gasteiger partial charge on any atom is 0.339 e. The number of methoxy groups -OCH3 is 1. The van der Waals surface area contributed by atoms with Gasteiger partial charge in [-0.2, -0.15) is 0 Å². The molecule has 2 aromatic rings. The van der Waals surface area contributed by atoms with Gasteiger partial charge in [-0.15, -0.1) is 0 Å². The topological polar surface area (TPSA) is 90.9 Å². The van der Waals surface area contributed by atoms with Gasteiger partial charge in [-0.3, -0.25) is 4.79 Å². The lowest BCUT2D eigenvalue weighted by Crippen LogP contribution is -2.36.